The van der Waals surface area contributed by atoms with Crippen LogP contribution in [-0.4, -0.2) is 28.1 Å². The molecule has 0 unspecified atom stereocenters. The maximum Gasteiger partial charge on any atom is 0.416 e. The van der Waals surface area contributed by atoms with Crippen LogP contribution in [0.15, 0.2) is 42.9 Å². The van der Waals surface area contributed by atoms with Gasteiger partial charge in [-0.05, 0) is 36.8 Å². The van der Waals surface area contributed by atoms with Crippen LogP contribution in [-0.2, 0) is 12.4 Å². The smallest absolute Gasteiger partial charge is 0.309 e. The SMILES string of the molecule is Cc1cn[nH]c1-c1ccncc1N(C)C(=O)c1cc(C(F)(F)F)cc(C(F)(F)F)c1. The number of anilines is 1. The number of carbonyl (C=O) groups excluding carboxylic acids is 1. The van der Waals surface area contributed by atoms with Gasteiger partial charge in [0.2, 0.25) is 0 Å². The number of pyridine rings is 1. The first kappa shape index (κ1) is 21.3. The van der Waals surface area contributed by atoms with E-state index in [4.69, 9.17) is 0 Å². The number of amides is 1. The maximum absolute atomic E-state index is 13.1. The van der Waals surface area contributed by atoms with Crippen molar-refractivity contribution in [1.82, 2.24) is 15.2 Å². The number of alkyl halides is 6. The van der Waals surface area contributed by atoms with E-state index >= 15 is 0 Å². The molecule has 3 aromatic rings. The molecule has 11 heteroatoms. The molecule has 0 atom stereocenters. The van der Waals surface area contributed by atoms with Gasteiger partial charge in [0.1, 0.15) is 0 Å². The van der Waals surface area contributed by atoms with Gasteiger partial charge in [0.15, 0.2) is 0 Å². The van der Waals surface area contributed by atoms with Crippen LogP contribution < -0.4 is 4.90 Å². The fourth-order valence-corrected chi connectivity index (χ4v) is 2.87. The second-order valence-corrected chi connectivity index (χ2v) is 6.48. The summed E-state index contributed by atoms with van der Waals surface area (Å²) in [6.45, 7) is 1.74. The van der Waals surface area contributed by atoms with Gasteiger partial charge in [0.25, 0.3) is 5.91 Å². The summed E-state index contributed by atoms with van der Waals surface area (Å²) in [5, 5.41) is 6.62. The molecule has 0 radical (unpaired) electrons. The lowest BCUT2D eigenvalue weighted by molar-refractivity contribution is -0.143. The fourth-order valence-electron chi connectivity index (χ4n) is 2.87. The summed E-state index contributed by atoms with van der Waals surface area (Å²) < 4.78 is 78.6. The van der Waals surface area contributed by atoms with Gasteiger partial charge in [-0.15, -0.1) is 0 Å². The molecule has 0 fully saturated rings. The topological polar surface area (TPSA) is 61.9 Å². The van der Waals surface area contributed by atoms with Gasteiger partial charge >= 0.3 is 12.4 Å². The molecule has 0 aliphatic carbocycles. The largest absolute Gasteiger partial charge is 0.416 e. The zero-order chi connectivity index (χ0) is 22.3. The number of aromatic amines is 1. The lowest BCUT2D eigenvalue weighted by atomic mass is 10.0. The van der Waals surface area contributed by atoms with E-state index in [1.165, 1.54) is 25.6 Å². The van der Waals surface area contributed by atoms with Crippen LogP contribution >= 0.6 is 0 Å². The summed E-state index contributed by atoms with van der Waals surface area (Å²) in [5.74, 6) is -1.06. The molecule has 2 aromatic heterocycles. The molecule has 1 N–H and O–H groups in total. The van der Waals surface area contributed by atoms with E-state index < -0.39 is 35.0 Å². The standard InChI is InChI=1S/C19H14F6N4O/c1-10-8-27-28-16(10)14-3-4-26-9-15(14)29(2)17(30)11-5-12(18(20,21)22)7-13(6-11)19(23,24)25/h3-9H,1-2H3,(H,27,28). The molecule has 0 saturated carbocycles. The minimum atomic E-state index is -5.05. The van der Waals surface area contributed by atoms with Gasteiger partial charge in [0.05, 0.1) is 34.9 Å². The molecule has 2 heterocycles. The second-order valence-electron chi connectivity index (χ2n) is 6.48. The molecule has 0 saturated heterocycles. The highest BCUT2D eigenvalue weighted by Crippen LogP contribution is 2.37. The van der Waals surface area contributed by atoms with Gasteiger partial charge < -0.3 is 4.90 Å². The Hall–Kier alpha value is -3.37. The fraction of sp³-hybridized carbons (Fsp3) is 0.211. The van der Waals surface area contributed by atoms with Crippen molar-refractivity contribution in [2.24, 2.45) is 0 Å². The zero-order valence-corrected chi connectivity index (χ0v) is 15.6. The summed E-state index contributed by atoms with van der Waals surface area (Å²) in [4.78, 5) is 17.7. The molecule has 1 aromatic carbocycles. The molecular weight excluding hydrogens is 414 g/mol. The normalized spacial score (nSPS) is 12.1. The third kappa shape index (κ3) is 4.14. The first-order chi connectivity index (χ1) is 13.9. The van der Waals surface area contributed by atoms with E-state index in [0.717, 1.165) is 10.5 Å². The third-order valence-corrected chi connectivity index (χ3v) is 4.40. The molecule has 0 aliphatic heterocycles. The highest BCUT2D eigenvalue weighted by molar-refractivity contribution is 6.07. The van der Waals surface area contributed by atoms with Crippen molar-refractivity contribution in [3.63, 3.8) is 0 Å². The van der Waals surface area contributed by atoms with Crippen molar-refractivity contribution in [3.05, 3.63) is 65.1 Å². The number of nitrogens with one attached hydrogen (secondary N) is 1. The van der Waals surface area contributed by atoms with E-state index in [2.05, 4.69) is 15.2 Å². The maximum atomic E-state index is 13.1. The van der Waals surface area contributed by atoms with Crippen molar-refractivity contribution in [3.8, 4) is 11.3 Å². The minimum absolute atomic E-state index is 0.0275. The third-order valence-electron chi connectivity index (χ3n) is 4.40. The van der Waals surface area contributed by atoms with Crippen LogP contribution in [0.1, 0.15) is 27.0 Å². The number of H-pyrrole nitrogens is 1. The van der Waals surface area contributed by atoms with Crippen molar-refractivity contribution in [1.29, 1.82) is 0 Å². The average Bonchev–Trinajstić information content (AvgIpc) is 3.11. The molecule has 3 rings (SSSR count). The first-order valence-corrected chi connectivity index (χ1v) is 8.41. The number of halogens is 6. The number of aryl methyl sites for hydroxylation is 1. The van der Waals surface area contributed by atoms with Gasteiger partial charge in [-0.1, -0.05) is 0 Å². The summed E-state index contributed by atoms with van der Waals surface area (Å²) in [5.41, 5.74) is -1.99. The molecular formula is C19H14F6N4O. The van der Waals surface area contributed by atoms with Crippen LogP contribution in [0.4, 0.5) is 32.0 Å². The number of rotatable bonds is 3. The minimum Gasteiger partial charge on any atom is -0.309 e. The van der Waals surface area contributed by atoms with Gasteiger partial charge in [-0.2, -0.15) is 31.4 Å². The number of hydrogen-bond acceptors (Lipinski definition) is 3. The first-order valence-electron chi connectivity index (χ1n) is 8.41. The highest BCUT2D eigenvalue weighted by Gasteiger charge is 2.38. The summed E-state index contributed by atoms with van der Waals surface area (Å²) in [7, 11) is 1.24. The van der Waals surface area contributed by atoms with Crippen LogP contribution in [0, 0.1) is 6.92 Å². The molecule has 5 nitrogen and oxygen atoms in total. The Morgan fingerprint density at radius 2 is 1.60 bits per heavy atom. The Balaban J connectivity index is 2.09. The van der Waals surface area contributed by atoms with E-state index in [1.54, 1.807) is 13.0 Å². The number of benzene rings is 1. The number of aromatic nitrogens is 3. The Bertz CT molecular complexity index is 1050. The highest BCUT2D eigenvalue weighted by atomic mass is 19.4. The van der Waals surface area contributed by atoms with E-state index in [0.29, 0.717) is 23.4 Å². The molecule has 30 heavy (non-hydrogen) atoms. The predicted octanol–water partition coefficient (Wildman–Crippen LogP) is 5.09. The number of hydrogen-bond donors (Lipinski definition) is 1. The number of nitrogens with zero attached hydrogens (tertiary/aromatic N) is 3. The molecule has 158 valence electrons. The Kier molecular flexibility index (Phi) is 5.31. The molecule has 0 spiro atoms. The second kappa shape index (κ2) is 7.47. The molecule has 0 bridgehead atoms. The van der Waals surface area contributed by atoms with Gasteiger partial charge in [0, 0.05) is 24.4 Å². The lowest BCUT2D eigenvalue weighted by Gasteiger charge is -2.21. The van der Waals surface area contributed by atoms with E-state index in [9.17, 15) is 31.1 Å². The van der Waals surface area contributed by atoms with Crippen LogP contribution in [0.3, 0.4) is 0 Å². The molecule has 1 amide bonds. The van der Waals surface area contributed by atoms with E-state index in [-0.39, 0.29) is 11.8 Å². The van der Waals surface area contributed by atoms with Crippen molar-refractivity contribution in [2.75, 3.05) is 11.9 Å². The van der Waals surface area contributed by atoms with Crippen LogP contribution in [0.2, 0.25) is 0 Å². The Morgan fingerprint density at radius 1 is 1.00 bits per heavy atom. The summed E-state index contributed by atoms with van der Waals surface area (Å²) in [6, 6.07) is 2.31. The summed E-state index contributed by atoms with van der Waals surface area (Å²) >= 11 is 0. The van der Waals surface area contributed by atoms with Crippen LogP contribution in [0.25, 0.3) is 11.3 Å². The predicted molar refractivity (Wildman–Crippen MR) is 95.7 cm³/mol. The monoisotopic (exact) mass is 428 g/mol. The quantitative estimate of drug-likeness (QED) is 0.591. The molecule has 0 aliphatic rings. The summed E-state index contributed by atoms with van der Waals surface area (Å²) in [6.07, 6.45) is -5.86. The van der Waals surface area contributed by atoms with Crippen LogP contribution in [0.5, 0.6) is 0 Å². The van der Waals surface area contributed by atoms with Gasteiger partial charge in [-0.25, -0.2) is 0 Å². The van der Waals surface area contributed by atoms with Crippen molar-refractivity contribution in [2.45, 2.75) is 19.3 Å². The average molecular weight is 428 g/mol. The van der Waals surface area contributed by atoms with Crippen molar-refractivity contribution < 1.29 is 31.1 Å². The zero-order valence-electron chi connectivity index (χ0n) is 15.6. The number of carbonyl (C=O) groups is 1. The Labute approximate surface area is 166 Å². The van der Waals surface area contributed by atoms with E-state index in [1.807, 2.05) is 0 Å². The van der Waals surface area contributed by atoms with Crippen molar-refractivity contribution >= 4 is 11.6 Å². The van der Waals surface area contributed by atoms with Gasteiger partial charge in [-0.3, -0.25) is 14.9 Å². The Morgan fingerprint density at radius 3 is 2.10 bits per heavy atom. The lowest BCUT2D eigenvalue weighted by Crippen LogP contribution is -2.28.